The molecule has 1 atom stereocenters. The Bertz CT molecular complexity index is 491. The standard InChI is InChI=1S/C13H21N3O2S/c1-14-19(17,18)13-6-4-12(5-7-13)16-11-3-2-9-15-10-8-11/h4-7,11,14-16H,2-3,8-10H2,1H3. The largest absolute Gasteiger partial charge is 0.382 e. The summed E-state index contributed by atoms with van der Waals surface area (Å²) in [6.45, 7) is 2.11. The summed E-state index contributed by atoms with van der Waals surface area (Å²) >= 11 is 0. The summed E-state index contributed by atoms with van der Waals surface area (Å²) in [6.07, 6.45) is 3.41. The highest BCUT2D eigenvalue weighted by molar-refractivity contribution is 7.89. The van der Waals surface area contributed by atoms with Crippen molar-refractivity contribution in [2.45, 2.75) is 30.2 Å². The molecule has 1 saturated heterocycles. The first kappa shape index (κ1) is 14.3. The second-order valence-electron chi connectivity index (χ2n) is 4.75. The molecule has 1 fully saturated rings. The highest BCUT2D eigenvalue weighted by Crippen LogP contribution is 2.17. The monoisotopic (exact) mass is 283 g/mol. The molecule has 1 aromatic carbocycles. The van der Waals surface area contributed by atoms with Gasteiger partial charge >= 0.3 is 0 Å². The molecule has 1 aliphatic heterocycles. The van der Waals surface area contributed by atoms with E-state index in [1.807, 2.05) is 12.1 Å². The van der Waals surface area contributed by atoms with Crippen LogP contribution in [0.3, 0.4) is 0 Å². The fourth-order valence-corrected chi connectivity index (χ4v) is 2.98. The molecule has 1 heterocycles. The Hall–Kier alpha value is -1.11. The predicted molar refractivity (Wildman–Crippen MR) is 76.8 cm³/mol. The maximum Gasteiger partial charge on any atom is 0.240 e. The van der Waals surface area contributed by atoms with Gasteiger partial charge in [0.25, 0.3) is 0 Å². The van der Waals surface area contributed by atoms with Crippen LogP contribution >= 0.6 is 0 Å². The molecule has 106 valence electrons. The van der Waals surface area contributed by atoms with Crippen molar-refractivity contribution in [1.29, 1.82) is 0 Å². The van der Waals surface area contributed by atoms with E-state index in [-0.39, 0.29) is 0 Å². The number of hydrogen-bond acceptors (Lipinski definition) is 4. The van der Waals surface area contributed by atoms with Crippen LogP contribution in [0.15, 0.2) is 29.2 Å². The third kappa shape index (κ3) is 3.92. The number of sulfonamides is 1. The lowest BCUT2D eigenvalue weighted by Gasteiger charge is -2.17. The molecule has 0 aromatic heterocycles. The van der Waals surface area contributed by atoms with Crippen molar-refractivity contribution in [2.75, 3.05) is 25.5 Å². The second-order valence-corrected chi connectivity index (χ2v) is 6.64. The summed E-state index contributed by atoms with van der Waals surface area (Å²) in [6, 6.07) is 7.36. The van der Waals surface area contributed by atoms with Gasteiger partial charge in [-0.2, -0.15) is 0 Å². The zero-order valence-electron chi connectivity index (χ0n) is 11.1. The van der Waals surface area contributed by atoms with Crippen molar-refractivity contribution < 1.29 is 8.42 Å². The molecule has 3 N–H and O–H groups in total. The van der Waals surface area contributed by atoms with E-state index in [9.17, 15) is 8.42 Å². The molecule has 5 nitrogen and oxygen atoms in total. The summed E-state index contributed by atoms with van der Waals surface area (Å²) in [4.78, 5) is 0.295. The van der Waals surface area contributed by atoms with Gasteiger partial charge in [0.15, 0.2) is 0 Å². The van der Waals surface area contributed by atoms with Gasteiger partial charge in [-0.1, -0.05) is 0 Å². The molecule has 0 amide bonds. The van der Waals surface area contributed by atoms with Gasteiger partial charge in [-0.15, -0.1) is 0 Å². The molecule has 1 unspecified atom stereocenters. The van der Waals surface area contributed by atoms with E-state index in [0.29, 0.717) is 10.9 Å². The lowest BCUT2D eigenvalue weighted by molar-refractivity contribution is 0.588. The SMILES string of the molecule is CNS(=O)(=O)c1ccc(NC2CCCNCC2)cc1. The van der Waals surface area contributed by atoms with E-state index in [0.717, 1.165) is 31.6 Å². The van der Waals surface area contributed by atoms with E-state index in [1.54, 1.807) is 12.1 Å². The summed E-state index contributed by atoms with van der Waals surface area (Å²) in [5.41, 5.74) is 0.974. The Balaban J connectivity index is 2.02. The highest BCUT2D eigenvalue weighted by atomic mass is 32.2. The van der Waals surface area contributed by atoms with Crippen LogP contribution in [-0.4, -0.2) is 34.6 Å². The third-order valence-electron chi connectivity index (χ3n) is 3.38. The zero-order chi connectivity index (χ0) is 13.7. The van der Waals surface area contributed by atoms with E-state index in [2.05, 4.69) is 15.4 Å². The van der Waals surface area contributed by atoms with Gasteiger partial charge in [0.2, 0.25) is 10.0 Å². The van der Waals surface area contributed by atoms with Crippen LogP contribution in [-0.2, 0) is 10.0 Å². The molecule has 2 rings (SSSR count). The van der Waals surface area contributed by atoms with Gasteiger partial charge < -0.3 is 10.6 Å². The normalized spacial score (nSPS) is 20.8. The van der Waals surface area contributed by atoms with E-state index in [4.69, 9.17) is 0 Å². The van der Waals surface area contributed by atoms with Crippen molar-refractivity contribution in [3.63, 3.8) is 0 Å². The maximum atomic E-state index is 11.6. The average molecular weight is 283 g/mol. The number of anilines is 1. The molecule has 19 heavy (non-hydrogen) atoms. The number of benzene rings is 1. The zero-order valence-corrected chi connectivity index (χ0v) is 12.0. The summed E-state index contributed by atoms with van der Waals surface area (Å²) in [5.74, 6) is 0. The molecule has 0 spiro atoms. The molecule has 6 heteroatoms. The Morgan fingerprint density at radius 3 is 2.58 bits per heavy atom. The van der Waals surface area contributed by atoms with E-state index < -0.39 is 10.0 Å². The Morgan fingerprint density at radius 2 is 1.89 bits per heavy atom. The first-order valence-corrected chi connectivity index (χ1v) is 8.11. The fraction of sp³-hybridized carbons (Fsp3) is 0.538. The molecule has 1 aromatic rings. The molecule has 0 radical (unpaired) electrons. The number of rotatable bonds is 4. The molecule has 0 bridgehead atoms. The maximum absolute atomic E-state index is 11.6. The van der Waals surface area contributed by atoms with Crippen LogP contribution in [0.1, 0.15) is 19.3 Å². The molecular formula is C13H21N3O2S. The van der Waals surface area contributed by atoms with Crippen LogP contribution in [0.2, 0.25) is 0 Å². The minimum absolute atomic E-state index is 0.295. The summed E-state index contributed by atoms with van der Waals surface area (Å²) < 4.78 is 25.5. The van der Waals surface area contributed by atoms with Crippen molar-refractivity contribution >= 4 is 15.7 Å². The van der Waals surface area contributed by atoms with Gasteiger partial charge in [0, 0.05) is 11.7 Å². The Labute approximate surface area is 114 Å². The van der Waals surface area contributed by atoms with Crippen LogP contribution in [0, 0.1) is 0 Å². The molecule has 1 aliphatic rings. The van der Waals surface area contributed by atoms with Gasteiger partial charge in [-0.05, 0) is 63.7 Å². The van der Waals surface area contributed by atoms with Crippen LogP contribution in [0.25, 0.3) is 0 Å². The number of nitrogens with one attached hydrogen (secondary N) is 3. The van der Waals surface area contributed by atoms with E-state index in [1.165, 1.54) is 13.5 Å². The lowest BCUT2D eigenvalue weighted by atomic mass is 10.1. The van der Waals surface area contributed by atoms with Crippen molar-refractivity contribution in [3.8, 4) is 0 Å². The first-order valence-electron chi connectivity index (χ1n) is 6.63. The van der Waals surface area contributed by atoms with Gasteiger partial charge in [-0.25, -0.2) is 13.1 Å². The molecule has 0 saturated carbocycles. The molecular weight excluding hydrogens is 262 g/mol. The number of hydrogen-bond donors (Lipinski definition) is 3. The summed E-state index contributed by atoms with van der Waals surface area (Å²) in [7, 11) is -1.92. The summed E-state index contributed by atoms with van der Waals surface area (Å²) in [5, 5.41) is 6.83. The minimum Gasteiger partial charge on any atom is -0.382 e. The Kier molecular flexibility index (Phi) is 4.79. The smallest absolute Gasteiger partial charge is 0.240 e. The van der Waals surface area contributed by atoms with Gasteiger partial charge in [0.05, 0.1) is 4.90 Å². The van der Waals surface area contributed by atoms with Gasteiger partial charge in [0.1, 0.15) is 0 Å². The second kappa shape index (κ2) is 6.36. The van der Waals surface area contributed by atoms with Crippen molar-refractivity contribution in [1.82, 2.24) is 10.0 Å². The van der Waals surface area contributed by atoms with Crippen LogP contribution in [0.5, 0.6) is 0 Å². The van der Waals surface area contributed by atoms with Crippen LogP contribution < -0.4 is 15.4 Å². The van der Waals surface area contributed by atoms with Crippen molar-refractivity contribution in [2.24, 2.45) is 0 Å². The fourth-order valence-electron chi connectivity index (χ4n) is 2.25. The highest BCUT2D eigenvalue weighted by Gasteiger charge is 2.13. The van der Waals surface area contributed by atoms with Gasteiger partial charge in [-0.3, -0.25) is 0 Å². The van der Waals surface area contributed by atoms with Crippen molar-refractivity contribution in [3.05, 3.63) is 24.3 Å². The van der Waals surface area contributed by atoms with Crippen LogP contribution in [0.4, 0.5) is 5.69 Å². The topological polar surface area (TPSA) is 70.2 Å². The minimum atomic E-state index is -3.34. The van der Waals surface area contributed by atoms with E-state index >= 15 is 0 Å². The average Bonchev–Trinajstić information content (AvgIpc) is 2.68. The predicted octanol–water partition coefficient (Wildman–Crippen LogP) is 1.15. The quantitative estimate of drug-likeness (QED) is 0.775. The third-order valence-corrected chi connectivity index (χ3v) is 4.81. The Morgan fingerprint density at radius 1 is 1.16 bits per heavy atom. The first-order chi connectivity index (χ1) is 9.12. The lowest BCUT2D eigenvalue weighted by Crippen LogP contribution is -2.21. The molecule has 0 aliphatic carbocycles.